The largest absolute Gasteiger partial charge is 0.466 e. The number of carbonyl (C=O) groups excluding carboxylic acids is 7. The molecule has 26 heteroatoms. The number of alkyl carbamates (subject to hydrolysis) is 2. The van der Waals surface area contributed by atoms with Crippen LogP contribution in [0.2, 0.25) is 0 Å². The fourth-order valence-electron chi connectivity index (χ4n) is 7.82. The van der Waals surface area contributed by atoms with Gasteiger partial charge in [-0.2, -0.15) is 0 Å². The van der Waals surface area contributed by atoms with E-state index >= 15 is 0 Å². The summed E-state index contributed by atoms with van der Waals surface area (Å²) in [6.07, 6.45) is -9.08. The van der Waals surface area contributed by atoms with Crippen LogP contribution in [0.1, 0.15) is 108 Å². The summed E-state index contributed by atoms with van der Waals surface area (Å²) in [7, 11) is 1.58. The summed E-state index contributed by atoms with van der Waals surface area (Å²) in [5.41, 5.74) is 0. The molecule has 3 fully saturated rings. The number of carbonyl (C=O) groups is 7. The van der Waals surface area contributed by atoms with Crippen LogP contribution in [0, 0.1) is 0 Å². The molecule has 422 valence electrons. The zero-order chi connectivity index (χ0) is 52.3. The molecule has 3 saturated heterocycles. The van der Waals surface area contributed by atoms with Gasteiger partial charge in [-0.05, 0) is 60.9 Å². The van der Waals surface area contributed by atoms with Crippen molar-refractivity contribution < 1.29 is 86.4 Å². The van der Waals surface area contributed by atoms with Crippen LogP contribution in [0.25, 0.3) is 0 Å². The maximum Gasteiger partial charge on any atom is 0.407 e. The maximum atomic E-state index is 13.5. The monoisotopic (exact) mass is 1050 g/mol. The molecule has 0 bridgehead atoms. The van der Waals surface area contributed by atoms with Crippen molar-refractivity contribution in [3.05, 3.63) is 0 Å². The number of rotatable bonds is 30. The third kappa shape index (κ3) is 21.4. The van der Waals surface area contributed by atoms with Crippen LogP contribution in [-0.4, -0.2) is 215 Å². The number of esters is 2. The molecule has 0 saturated carbocycles. The Morgan fingerprint density at radius 1 is 0.685 bits per heavy atom. The van der Waals surface area contributed by atoms with E-state index in [1.54, 1.807) is 41.7 Å². The lowest BCUT2D eigenvalue weighted by Crippen LogP contribution is -2.69. The number of aliphatic hydroxyl groups excluding tert-OH is 2. The summed E-state index contributed by atoms with van der Waals surface area (Å²) in [6, 6.07) is -3.58. The van der Waals surface area contributed by atoms with Gasteiger partial charge >= 0.3 is 36.2 Å². The van der Waals surface area contributed by atoms with Crippen molar-refractivity contribution in [2.24, 2.45) is 4.99 Å². The van der Waals surface area contributed by atoms with Gasteiger partial charge in [-0.3, -0.25) is 29.2 Å². The summed E-state index contributed by atoms with van der Waals surface area (Å²) < 4.78 is 51.3. The van der Waals surface area contributed by atoms with E-state index in [2.05, 4.69) is 31.6 Å². The van der Waals surface area contributed by atoms with E-state index < -0.39 is 110 Å². The van der Waals surface area contributed by atoms with Gasteiger partial charge in [0.1, 0.15) is 61.7 Å². The van der Waals surface area contributed by atoms with Gasteiger partial charge in [-0.25, -0.2) is 19.2 Å². The molecule has 3 aliphatic rings. The minimum Gasteiger partial charge on any atom is -0.466 e. The number of likely N-dealkylation sites (N-methyl/N-ethyl adjacent to an activating group) is 1. The highest BCUT2D eigenvalue weighted by Crippen LogP contribution is 2.31. The summed E-state index contributed by atoms with van der Waals surface area (Å²) in [5.74, 6) is -1.37. The van der Waals surface area contributed by atoms with Gasteiger partial charge in [0.25, 0.3) is 0 Å². The Morgan fingerprint density at radius 3 is 1.85 bits per heavy atom. The van der Waals surface area contributed by atoms with E-state index in [4.69, 9.17) is 42.6 Å². The molecule has 0 aliphatic carbocycles. The van der Waals surface area contributed by atoms with Gasteiger partial charge < -0.3 is 79.4 Å². The van der Waals surface area contributed by atoms with E-state index in [9.17, 15) is 43.8 Å². The van der Waals surface area contributed by atoms with Gasteiger partial charge in [0.2, 0.25) is 5.91 Å². The van der Waals surface area contributed by atoms with Crippen LogP contribution < -0.4 is 26.6 Å². The van der Waals surface area contributed by atoms with Crippen LogP contribution >= 0.6 is 0 Å². The zero-order valence-electron chi connectivity index (χ0n) is 42.2. The molecule has 3 rings (SSSR count). The molecule has 0 aromatic heterocycles. The third-order valence-electron chi connectivity index (χ3n) is 11.3. The zero-order valence-corrected chi connectivity index (χ0v) is 42.2. The first-order chi connectivity index (χ1) is 34.2. The molecule has 7 N–H and O–H groups in total. The van der Waals surface area contributed by atoms with Crippen LogP contribution in [-0.2, 0) is 57.0 Å². The SMILES string of the molecule is C.C.CCCOC(=O)CCN1C(=O)CC(=NCCCCCCNC(=O)NC2C(OC3C(COC(=O)NCC)OC(OCC)C(NC)C3O)OC(COC(=O)NCC)C(OCC)C2O)N(CCC(=O)OCC)C1=O. The van der Waals surface area contributed by atoms with Gasteiger partial charge in [0.15, 0.2) is 12.6 Å². The fourth-order valence-corrected chi connectivity index (χ4v) is 7.82. The summed E-state index contributed by atoms with van der Waals surface area (Å²) in [6.45, 7) is 11.1. The van der Waals surface area contributed by atoms with Crippen LogP contribution in [0.3, 0.4) is 0 Å². The van der Waals surface area contributed by atoms with Crippen molar-refractivity contribution in [3.8, 4) is 0 Å². The Morgan fingerprint density at radius 2 is 1.26 bits per heavy atom. The third-order valence-corrected chi connectivity index (χ3v) is 11.3. The maximum absolute atomic E-state index is 13.5. The predicted octanol–water partition coefficient (Wildman–Crippen LogP) is 1.91. The number of imide groups is 1. The molecule has 3 heterocycles. The molecular formula is C47H86N8O18. The van der Waals surface area contributed by atoms with Crippen LogP contribution in [0.5, 0.6) is 0 Å². The number of nitrogens with zero attached hydrogens (tertiary/aromatic N) is 3. The van der Waals surface area contributed by atoms with Gasteiger partial charge in [-0.15, -0.1) is 0 Å². The van der Waals surface area contributed by atoms with Crippen LogP contribution in [0.15, 0.2) is 4.99 Å². The normalized spacial score (nSPS) is 25.4. The number of hydrogen-bond acceptors (Lipinski definition) is 20. The van der Waals surface area contributed by atoms with Gasteiger partial charge in [0.05, 0.1) is 38.5 Å². The Balaban J connectivity index is 0.0000133. The number of amides is 7. The standard InChI is InChI=1S/C45H78N8O18.2CH4/c1-8-24-66-33(56)19-23-53-31(54)25-30(52(45(53)62)22-18-32(55)63-11-4)49-20-16-14-15-17-21-50-42(59)51-35-37(58)38(64-12-5)28(26-67-43(60)47-9-2)70-41(35)71-39-29(27-68-44(61)48-10-3)69-40(65-13-6)34(46-7)36(39)57;;/h28-29,34-41,46,57-58H,8-27H2,1-7H3,(H,47,60)(H,48,61)(H2,50,51,59);2*1H4. The van der Waals surface area contributed by atoms with Crippen LogP contribution in [0.4, 0.5) is 19.2 Å². The molecule has 0 spiro atoms. The summed E-state index contributed by atoms with van der Waals surface area (Å²) in [5, 5.41) is 37.0. The number of nitrogens with one attached hydrogen (secondary N) is 5. The van der Waals surface area contributed by atoms with Crippen molar-refractivity contribution in [2.45, 2.75) is 169 Å². The number of hydrogen-bond donors (Lipinski definition) is 7. The average Bonchev–Trinajstić information content (AvgIpc) is 3.33. The lowest BCUT2D eigenvalue weighted by Gasteiger charge is -2.48. The van der Waals surface area contributed by atoms with E-state index in [0.29, 0.717) is 32.1 Å². The Bertz CT molecular complexity index is 1720. The van der Waals surface area contributed by atoms with Crippen molar-refractivity contribution >= 4 is 47.9 Å². The van der Waals surface area contributed by atoms with Crippen molar-refractivity contribution in [1.29, 1.82) is 0 Å². The van der Waals surface area contributed by atoms with E-state index in [1.807, 2.05) is 6.92 Å². The second-order valence-corrected chi connectivity index (χ2v) is 16.4. The molecule has 0 aromatic carbocycles. The first-order valence-corrected chi connectivity index (χ1v) is 24.7. The molecule has 10 atom stereocenters. The number of urea groups is 2. The summed E-state index contributed by atoms with van der Waals surface area (Å²) in [4.78, 5) is 95.7. The molecule has 10 unspecified atom stereocenters. The Hall–Kier alpha value is -4.96. The molecule has 7 amide bonds. The van der Waals surface area contributed by atoms with E-state index in [-0.39, 0.29) is 112 Å². The minimum absolute atomic E-state index is 0. The second kappa shape index (κ2) is 36.1. The molecular weight excluding hydrogens is 965 g/mol. The number of ether oxygens (including phenoxy) is 9. The first-order valence-electron chi connectivity index (χ1n) is 24.7. The molecule has 26 nitrogen and oxygen atoms in total. The smallest absolute Gasteiger partial charge is 0.407 e. The van der Waals surface area contributed by atoms with Gasteiger partial charge in [-0.1, -0.05) is 34.6 Å². The molecule has 3 aliphatic heterocycles. The Labute approximate surface area is 429 Å². The second-order valence-electron chi connectivity index (χ2n) is 16.4. The quantitative estimate of drug-likeness (QED) is 0.0307. The van der Waals surface area contributed by atoms with Gasteiger partial charge in [0, 0.05) is 52.5 Å². The van der Waals surface area contributed by atoms with Crippen molar-refractivity contribution in [1.82, 2.24) is 36.4 Å². The lowest BCUT2D eigenvalue weighted by atomic mass is 9.94. The fraction of sp³-hybridized carbons (Fsp3) is 0.830. The summed E-state index contributed by atoms with van der Waals surface area (Å²) >= 11 is 0. The van der Waals surface area contributed by atoms with Crippen molar-refractivity contribution in [2.75, 3.05) is 86.0 Å². The number of aliphatic hydroxyl groups is 2. The molecule has 0 aromatic rings. The highest BCUT2D eigenvalue weighted by molar-refractivity contribution is 6.16. The van der Waals surface area contributed by atoms with E-state index in [1.165, 1.54) is 4.90 Å². The number of unbranched alkanes of at least 4 members (excludes halogenated alkanes) is 3. The van der Waals surface area contributed by atoms with Crippen molar-refractivity contribution in [3.63, 3.8) is 0 Å². The highest BCUT2D eigenvalue weighted by Gasteiger charge is 2.53. The topological polar surface area (TPSA) is 322 Å². The van der Waals surface area contributed by atoms with E-state index in [0.717, 1.165) is 4.90 Å². The Kier molecular flexibility index (Phi) is 32.6. The predicted molar refractivity (Wildman–Crippen MR) is 264 cm³/mol. The highest BCUT2D eigenvalue weighted by atomic mass is 16.7. The average molecular weight is 1050 g/mol. The lowest BCUT2D eigenvalue weighted by molar-refractivity contribution is -0.333. The number of aliphatic imine (C=N–C) groups is 1. The molecule has 0 radical (unpaired) electrons. The minimum atomic E-state index is -1.53. The first kappa shape index (κ1) is 66.1. The number of amidine groups is 1. The molecule has 73 heavy (non-hydrogen) atoms.